The van der Waals surface area contributed by atoms with E-state index in [-0.39, 0.29) is 0 Å². The summed E-state index contributed by atoms with van der Waals surface area (Å²) in [7, 11) is 0. The molecule has 0 aliphatic heterocycles. The summed E-state index contributed by atoms with van der Waals surface area (Å²) in [6.45, 7) is 2.20. The Hall–Kier alpha value is -0.480. The van der Waals surface area contributed by atoms with Crippen LogP contribution in [-0.2, 0) is 0 Å². The highest BCUT2D eigenvalue weighted by molar-refractivity contribution is 5.08. The number of aliphatic hydroxyl groups is 1. The van der Waals surface area contributed by atoms with E-state index in [0.29, 0.717) is 0 Å². The summed E-state index contributed by atoms with van der Waals surface area (Å²) in [5.74, 6) is 3.20. The van der Waals surface area contributed by atoms with Crippen molar-refractivity contribution in [3.63, 3.8) is 0 Å². The first-order valence-corrected chi connectivity index (χ1v) is 3.86. The second kappa shape index (κ2) is 2.64. The van der Waals surface area contributed by atoms with E-state index in [0.717, 1.165) is 31.6 Å². The molecule has 0 aromatic rings. The van der Waals surface area contributed by atoms with E-state index >= 15 is 0 Å². The molecule has 1 aliphatic carbocycles. The first kappa shape index (κ1) is 7.63. The highest BCUT2D eigenvalue weighted by Crippen LogP contribution is 2.30. The van der Waals surface area contributed by atoms with Gasteiger partial charge in [0.25, 0.3) is 0 Å². The van der Waals surface area contributed by atoms with Crippen LogP contribution >= 0.6 is 0 Å². The van der Waals surface area contributed by atoms with E-state index in [1.54, 1.807) is 0 Å². The minimum absolute atomic E-state index is 0.744. The third-order valence-electron chi connectivity index (χ3n) is 2.37. The van der Waals surface area contributed by atoms with Crippen LogP contribution in [-0.4, -0.2) is 10.7 Å². The van der Waals surface area contributed by atoms with Gasteiger partial charge in [0.2, 0.25) is 0 Å². The lowest BCUT2D eigenvalue weighted by Gasteiger charge is -2.30. The van der Waals surface area contributed by atoms with E-state index in [4.69, 9.17) is 6.42 Å². The molecule has 1 saturated carbocycles. The van der Waals surface area contributed by atoms with Gasteiger partial charge in [0.05, 0.1) is 0 Å². The number of hydrogen-bond acceptors (Lipinski definition) is 1. The summed E-state index contributed by atoms with van der Waals surface area (Å²) in [6.07, 6.45) is 8.89. The molecule has 0 unspecified atom stereocenters. The Morgan fingerprint density at radius 1 is 1.50 bits per heavy atom. The monoisotopic (exact) mass is 138 g/mol. The van der Waals surface area contributed by atoms with Gasteiger partial charge < -0.3 is 5.11 Å². The first-order chi connectivity index (χ1) is 4.66. The molecule has 0 aromatic carbocycles. The molecule has 0 aromatic heterocycles. The van der Waals surface area contributed by atoms with Gasteiger partial charge in [0.1, 0.15) is 5.60 Å². The van der Waals surface area contributed by atoms with Gasteiger partial charge in [-0.2, -0.15) is 0 Å². The topological polar surface area (TPSA) is 20.2 Å². The highest BCUT2D eigenvalue weighted by Gasteiger charge is 2.29. The van der Waals surface area contributed by atoms with Crippen molar-refractivity contribution >= 4 is 0 Å². The molecule has 0 radical (unpaired) electrons. The van der Waals surface area contributed by atoms with Gasteiger partial charge >= 0.3 is 0 Å². The van der Waals surface area contributed by atoms with Gasteiger partial charge in [0, 0.05) is 0 Å². The first-order valence-electron chi connectivity index (χ1n) is 3.86. The molecule has 0 spiro atoms. The van der Waals surface area contributed by atoms with Crippen LogP contribution in [0, 0.1) is 18.3 Å². The quantitative estimate of drug-likeness (QED) is 0.504. The molecule has 1 fully saturated rings. The van der Waals surface area contributed by atoms with Crippen LogP contribution in [0.4, 0.5) is 0 Å². The third kappa shape index (κ3) is 1.52. The highest BCUT2D eigenvalue weighted by atomic mass is 16.3. The van der Waals surface area contributed by atoms with Crippen molar-refractivity contribution in [2.24, 2.45) is 5.92 Å². The zero-order valence-electron chi connectivity index (χ0n) is 6.43. The lowest BCUT2D eigenvalue weighted by atomic mass is 9.80. The van der Waals surface area contributed by atoms with Crippen molar-refractivity contribution in [1.82, 2.24) is 0 Å². The molecule has 1 heteroatoms. The molecule has 1 aliphatic rings. The van der Waals surface area contributed by atoms with Crippen molar-refractivity contribution in [3.8, 4) is 12.3 Å². The Balaban J connectivity index is 2.48. The summed E-state index contributed by atoms with van der Waals surface area (Å²) in [4.78, 5) is 0. The Morgan fingerprint density at radius 2 is 2.00 bits per heavy atom. The van der Waals surface area contributed by atoms with E-state index in [1.165, 1.54) is 0 Å². The molecular formula is C9H14O. The molecular weight excluding hydrogens is 124 g/mol. The van der Waals surface area contributed by atoms with Crippen LogP contribution in [0.15, 0.2) is 0 Å². The summed E-state index contributed by atoms with van der Waals surface area (Å²) >= 11 is 0. The Kier molecular flexibility index (Phi) is 2.01. The number of hydrogen-bond donors (Lipinski definition) is 1. The predicted octanol–water partition coefficient (Wildman–Crippen LogP) is 1.56. The van der Waals surface area contributed by atoms with Crippen molar-refractivity contribution in [2.45, 2.75) is 38.2 Å². The lowest BCUT2D eigenvalue weighted by Crippen LogP contribution is -2.31. The van der Waals surface area contributed by atoms with E-state index in [1.807, 2.05) is 0 Å². The smallest absolute Gasteiger partial charge is 0.125 e. The minimum atomic E-state index is -0.771. The minimum Gasteiger partial charge on any atom is -0.378 e. The second-order valence-corrected chi connectivity index (χ2v) is 3.36. The summed E-state index contributed by atoms with van der Waals surface area (Å²) in [6, 6.07) is 0. The molecule has 10 heavy (non-hydrogen) atoms. The van der Waals surface area contributed by atoms with Crippen molar-refractivity contribution < 1.29 is 5.11 Å². The van der Waals surface area contributed by atoms with E-state index in [9.17, 15) is 5.11 Å². The summed E-state index contributed by atoms with van der Waals surface area (Å²) < 4.78 is 0. The summed E-state index contributed by atoms with van der Waals surface area (Å²) in [5.41, 5.74) is -0.771. The van der Waals surface area contributed by atoms with Gasteiger partial charge in [-0.1, -0.05) is 12.8 Å². The fraction of sp³-hybridized carbons (Fsp3) is 0.778. The van der Waals surface area contributed by atoms with Crippen LogP contribution in [0.1, 0.15) is 32.6 Å². The van der Waals surface area contributed by atoms with Crippen LogP contribution in [0.25, 0.3) is 0 Å². The molecule has 56 valence electrons. The summed E-state index contributed by atoms with van der Waals surface area (Å²) in [5, 5.41) is 9.56. The van der Waals surface area contributed by atoms with Crippen molar-refractivity contribution in [2.75, 3.05) is 0 Å². The maximum Gasteiger partial charge on any atom is 0.125 e. The predicted molar refractivity (Wildman–Crippen MR) is 41.4 cm³/mol. The second-order valence-electron chi connectivity index (χ2n) is 3.36. The number of rotatable bonds is 0. The Labute approximate surface area is 62.4 Å². The normalized spacial score (nSPS) is 40.7. The van der Waals surface area contributed by atoms with Gasteiger partial charge in [-0.15, -0.1) is 6.42 Å². The molecule has 0 amide bonds. The van der Waals surface area contributed by atoms with Crippen LogP contribution in [0.3, 0.4) is 0 Å². The standard InChI is InChI=1S/C9H14O/c1-3-9(10)6-4-8(2)5-7-9/h1,8,10H,4-7H2,2H3. The van der Waals surface area contributed by atoms with Crippen LogP contribution < -0.4 is 0 Å². The maximum absolute atomic E-state index is 9.56. The lowest BCUT2D eigenvalue weighted by molar-refractivity contribution is 0.0472. The largest absolute Gasteiger partial charge is 0.378 e. The average molecular weight is 138 g/mol. The van der Waals surface area contributed by atoms with Crippen molar-refractivity contribution in [1.29, 1.82) is 0 Å². The van der Waals surface area contributed by atoms with Gasteiger partial charge in [-0.05, 0) is 31.6 Å². The van der Waals surface area contributed by atoms with Gasteiger partial charge in [-0.3, -0.25) is 0 Å². The Morgan fingerprint density at radius 3 is 2.40 bits per heavy atom. The number of terminal acetylenes is 1. The third-order valence-corrected chi connectivity index (χ3v) is 2.37. The SMILES string of the molecule is C#CC1(O)CCC(C)CC1. The molecule has 0 saturated heterocycles. The molecule has 0 bridgehead atoms. The Bertz CT molecular complexity index is 147. The van der Waals surface area contributed by atoms with Crippen molar-refractivity contribution in [3.05, 3.63) is 0 Å². The van der Waals surface area contributed by atoms with Crippen LogP contribution in [0.5, 0.6) is 0 Å². The molecule has 1 nitrogen and oxygen atoms in total. The van der Waals surface area contributed by atoms with Gasteiger partial charge in [-0.25, -0.2) is 0 Å². The molecule has 0 heterocycles. The average Bonchev–Trinajstić information content (AvgIpc) is 1.96. The maximum atomic E-state index is 9.56. The van der Waals surface area contributed by atoms with E-state index < -0.39 is 5.60 Å². The zero-order chi connectivity index (χ0) is 7.61. The zero-order valence-corrected chi connectivity index (χ0v) is 6.43. The molecule has 1 rings (SSSR count). The molecule has 1 N–H and O–H groups in total. The fourth-order valence-corrected chi connectivity index (χ4v) is 1.38. The fourth-order valence-electron chi connectivity index (χ4n) is 1.38. The van der Waals surface area contributed by atoms with Crippen LogP contribution in [0.2, 0.25) is 0 Å². The van der Waals surface area contributed by atoms with E-state index in [2.05, 4.69) is 12.8 Å². The van der Waals surface area contributed by atoms with Gasteiger partial charge in [0.15, 0.2) is 0 Å². The molecule has 0 atom stereocenters.